The van der Waals surface area contributed by atoms with Crippen molar-refractivity contribution in [2.75, 3.05) is 16.9 Å². The number of benzene rings is 2. The zero-order valence-corrected chi connectivity index (χ0v) is 18.5. The van der Waals surface area contributed by atoms with E-state index in [1.165, 1.54) is 5.56 Å². The molecule has 1 aliphatic rings. The summed E-state index contributed by atoms with van der Waals surface area (Å²) in [7, 11) is 1.95. The third-order valence-corrected chi connectivity index (χ3v) is 6.87. The molecule has 3 aromatic heterocycles. The molecule has 0 bridgehead atoms. The molecule has 0 aliphatic carbocycles. The predicted octanol–water partition coefficient (Wildman–Crippen LogP) is 5.05. The summed E-state index contributed by atoms with van der Waals surface area (Å²) in [6.45, 7) is 2.63. The molecule has 0 fully saturated rings. The van der Waals surface area contributed by atoms with Gasteiger partial charge in [0.2, 0.25) is 0 Å². The normalized spacial score (nSPS) is 13.4. The van der Waals surface area contributed by atoms with Crippen molar-refractivity contribution in [2.24, 2.45) is 17.8 Å². The lowest BCUT2D eigenvalue weighted by atomic mass is 10.0. The van der Waals surface area contributed by atoms with E-state index in [9.17, 15) is 0 Å². The Morgan fingerprint density at radius 1 is 1.09 bits per heavy atom. The first-order chi connectivity index (χ1) is 15.6. The van der Waals surface area contributed by atoms with Gasteiger partial charge >= 0.3 is 0 Å². The molecule has 4 heterocycles. The zero-order valence-electron chi connectivity index (χ0n) is 17.7. The van der Waals surface area contributed by atoms with E-state index in [-0.39, 0.29) is 0 Å². The Hall–Kier alpha value is -3.91. The minimum Gasteiger partial charge on any atom is -0.383 e. The number of nitrogens with zero attached hydrogens (tertiary/aromatic N) is 5. The lowest BCUT2D eigenvalue weighted by Gasteiger charge is -2.29. The van der Waals surface area contributed by atoms with Crippen LogP contribution in [0.15, 0.2) is 65.2 Å². The number of aromatic nitrogens is 3. The lowest BCUT2D eigenvalue weighted by molar-refractivity contribution is 0.797. The molecule has 1 aliphatic heterocycles. The second kappa shape index (κ2) is 7.06. The van der Waals surface area contributed by atoms with Gasteiger partial charge in [-0.3, -0.25) is 4.68 Å². The molecular weight excluding hydrogens is 418 g/mol. The second-order valence-electron chi connectivity index (χ2n) is 7.90. The topological polar surface area (TPSA) is 84.4 Å². The molecule has 32 heavy (non-hydrogen) atoms. The van der Waals surface area contributed by atoms with Gasteiger partial charge in [0.15, 0.2) is 0 Å². The third-order valence-electron chi connectivity index (χ3n) is 5.95. The van der Waals surface area contributed by atoms with Crippen LogP contribution < -0.4 is 16.0 Å². The fourth-order valence-electron chi connectivity index (χ4n) is 4.38. The fraction of sp³-hybridized carbons (Fsp3) is 0.125. The number of pyridine rings is 1. The first kappa shape index (κ1) is 18.8. The molecule has 0 saturated carbocycles. The van der Waals surface area contributed by atoms with E-state index in [0.717, 1.165) is 49.4 Å². The van der Waals surface area contributed by atoms with Crippen molar-refractivity contribution in [1.82, 2.24) is 14.8 Å². The standard InChI is InChI=1S/C24H21N7S/c1-14-3-5-18-17(21(14)31-13-27-23(25)22-20(31)8-10-32-22)7-9-26-24(18)29-16-4-6-19-15(11-16)12-28-30(19)2/h3-12H,13H2,1-2H3,(H2,25,27)(H,26,29). The maximum atomic E-state index is 6.14. The van der Waals surface area contributed by atoms with Crippen molar-refractivity contribution in [2.45, 2.75) is 6.92 Å². The van der Waals surface area contributed by atoms with Crippen molar-refractivity contribution < 1.29 is 0 Å². The number of aryl methyl sites for hydroxylation is 2. The van der Waals surface area contributed by atoms with Crippen molar-refractivity contribution in [3.63, 3.8) is 0 Å². The number of thiophene rings is 1. The number of fused-ring (bicyclic) bond motifs is 3. The highest BCUT2D eigenvalue weighted by Gasteiger charge is 2.24. The van der Waals surface area contributed by atoms with Crippen LogP contribution in [0.25, 0.3) is 21.7 Å². The van der Waals surface area contributed by atoms with Crippen LogP contribution in [0.2, 0.25) is 0 Å². The van der Waals surface area contributed by atoms with Crippen LogP contribution in [0.1, 0.15) is 10.4 Å². The van der Waals surface area contributed by atoms with Crippen LogP contribution in [0, 0.1) is 6.92 Å². The van der Waals surface area contributed by atoms with Gasteiger partial charge in [-0.05, 0) is 48.2 Å². The molecule has 3 N–H and O–H groups in total. The zero-order chi connectivity index (χ0) is 21.8. The van der Waals surface area contributed by atoms with Crippen molar-refractivity contribution >= 4 is 61.7 Å². The lowest BCUT2D eigenvalue weighted by Crippen LogP contribution is -2.28. The van der Waals surface area contributed by atoms with Gasteiger partial charge in [0, 0.05) is 35.1 Å². The average molecular weight is 440 g/mol. The molecule has 8 heteroatoms. The molecule has 0 amide bonds. The highest BCUT2D eigenvalue weighted by Crippen LogP contribution is 2.41. The monoisotopic (exact) mass is 439 g/mol. The molecule has 0 atom stereocenters. The van der Waals surface area contributed by atoms with Gasteiger partial charge < -0.3 is 16.0 Å². The number of anilines is 4. The van der Waals surface area contributed by atoms with E-state index in [1.807, 2.05) is 24.1 Å². The van der Waals surface area contributed by atoms with Gasteiger partial charge in [0.05, 0.1) is 28.0 Å². The van der Waals surface area contributed by atoms with Gasteiger partial charge in [0.1, 0.15) is 18.3 Å². The predicted molar refractivity (Wildman–Crippen MR) is 133 cm³/mol. The minimum absolute atomic E-state index is 0.498. The summed E-state index contributed by atoms with van der Waals surface area (Å²) >= 11 is 1.62. The van der Waals surface area contributed by atoms with Crippen molar-refractivity contribution in [3.05, 3.63) is 70.7 Å². The van der Waals surface area contributed by atoms with Crippen LogP contribution in [-0.4, -0.2) is 27.3 Å². The fourth-order valence-corrected chi connectivity index (χ4v) is 5.19. The van der Waals surface area contributed by atoms with E-state index in [1.54, 1.807) is 11.3 Å². The maximum Gasteiger partial charge on any atom is 0.139 e. The molecule has 0 unspecified atom stereocenters. The summed E-state index contributed by atoms with van der Waals surface area (Å²) in [5, 5.41) is 13.2. The highest BCUT2D eigenvalue weighted by atomic mass is 32.1. The van der Waals surface area contributed by atoms with Gasteiger partial charge in [-0.25, -0.2) is 9.98 Å². The van der Waals surface area contributed by atoms with Crippen LogP contribution in [0.3, 0.4) is 0 Å². The summed E-state index contributed by atoms with van der Waals surface area (Å²) in [4.78, 5) is 12.5. The quantitative estimate of drug-likeness (QED) is 0.411. The molecule has 2 aromatic carbocycles. The smallest absolute Gasteiger partial charge is 0.139 e. The van der Waals surface area contributed by atoms with E-state index in [0.29, 0.717) is 12.5 Å². The summed E-state index contributed by atoms with van der Waals surface area (Å²) < 4.78 is 1.87. The van der Waals surface area contributed by atoms with Crippen LogP contribution in [0.5, 0.6) is 0 Å². The number of aliphatic imine (C=N–C) groups is 1. The Balaban J connectivity index is 1.47. The van der Waals surface area contributed by atoms with Gasteiger partial charge in [-0.1, -0.05) is 12.1 Å². The van der Waals surface area contributed by atoms with Crippen LogP contribution in [-0.2, 0) is 7.05 Å². The molecule has 0 radical (unpaired) electrons. The Kier molecular flexibility index (Phi) is 4.16. The molecule has 158 valence electrons. The SMILES string of the molecule is Cc1ccc2c(Nc3ccc4c(cnn4C)c3)nccc2c1N1CN=C(N)c2sccc21. The molecule has 6 rings (SSSR count). The number of hydrogen-bond donors (Lipinski definition) is 2. The molecule has 5 aromatic rings. The van der Waals surface area contributed by atoms with Gasteiger partial charge in [-0.2, -0.15) is 5.10 Å². The van der Waals surface area contributed by atoms with Crippen LogP contribution in [0.4, 0.5) is 22.9 Å². The first-order valence-electron chi connectivity index (χ1n) is 10.3. The second-order valence-corrected chi connectivity index (χ2v) is 8.82. The summed E-state index contributed by atoms with van der Waals surface area (Å²) in [6.07, 6.45) is 3.73. The third kappa shape index (κ3) is 2.84. The molecule has 0 saturated heterocycles. The molecule has 0 spiro atoms. The Morgan fingerprint density at radius 3 is 2.91 bits per heavy atom. The minimum atomic E-state index is 0.498. The van der Waals surface area contributed by atoms with E-state index in [2.05, 4.69) is 80.1 Å². The summed E-state index contributed by atoms with van der Waals surface area (Å²) in [5.74, 6) is 1.43. The first-order valence-corrected chi connectivity index (χ1v) is 11.2. The number of hydrogen-bond acceptors (Lipinski definition) is 7. The molecule has 7 nitrogen and oxygen atoms in total. The highest BCUT2D eigenvalue weighted by molar-refractivity contribution is 7.12. The summed E-state index contributed by atoms with van der Waals surface area (Å²) in [5.41, 5.74) is 11.6. The Bertz CT molecular complexity index is 1530. The Labute approximate surface area is 188 Å². The molecular formula is C24H21N7S. The van der Waals surface area contributed by atoms with E-state index < -0.39 is 0 Å². The van der Waals surface area contributed by atoms with Crippen LogP contribution >= 0.6 is 11.3 Å². The number of amidine groups is 1. The average Bonchev–Trinajstić information content (AvgIpc) is 3.43. The number of nitrogens with two attached hydrogens (primary N) is 1. The number of nitrogens with one attached hydrogen (secondary N) is 1. The number of rotatable bonds is 3. The largest absolute Gasteiger partial charge is 0.383 e. The summed E-state index contributed by atoms with van der Waals surface area (Å²) in [6, 6.07) is 14.7. The van der Waals surface area contributed by atoms with Gasteiger partial charge in [0.25, 0.3) is 0 Å². The van der Waals surface area contributed by atoms with E-state index >= 15 is 0 Å². The Morgan fingerprint density at radius 2 is 2.00 bits per heavy atom. The maximum absolute atomic E-state index is 6.14. The van der Waals surface area contributed by atoms with Crippen molar-refractivity contribution in [1.29, 1.82) is 0 Å². The van der Waals surface area contributed by atoms with E-state index in [4.69, 9.17) is 5.73 Å². The van der Waals surface area contributed by atoms with Crippen molar-refractivity contribution in [3.8, 4) is 0 Å². The van der Waals surface area contributed by atoms with Gasteiger partial charge in [-0.15, -0.1) is 11.3 Å².